The topological polar surface area (TPSA) is 18.5 Å². The molecular formula is C9H24O2Si3. The molecule has 0 bridgehead atoms. The van der Waals surface area contributed by atoms with Crippen molar-refractivity contribution >= 4 is 26.9 Å². The van der Waals surface area contributed by atoms with E-state index in [0.717, 1.165) is 10.2 Å². The molecule has 0 aliphatic rings. The zero-order chi connectivity index (χ0) is 11.6. The molecular weight excluding hydrogens is 224 g/mol. The lowest BCUT2D eigenvalue weighted by atomic mass is 10.6. The molecule has 5 heteroatoms. The van der Waals surface area contributed by atoms with E-state index in [1.807, 2.05) is 6.08 Å². The average molecular weight is 249 g/mol. The predicted molar refractivity (Wildman–Crippen MR) is 71.7 cm³/mol. The van der Waals surface area contributed by atoms with E-state index in [1.54, 1.807) is 0 Å². The number of hydrogen-bond donors (Lipinski definition) is 0. The minimum atomic E-state index is -1.55. The highest BCUT2D eigenvalue weighted by Crippen LogP contribution is 2.22. The first kappa shape index (κ1) is 14.3. The van der Waals surface area contributed by atoms with Crippen molar-refractivity contribution in [3.8, 4) is 0 Å². The fourth-order valence-corrected chi connectivity index (χ4v) is 7.76. The number of hydrogen-bond acceptors (Lipinski definition) is 2. The summed E-state index contributed by atoms with van der Waals surface area (Å²) in [4.78, 5) is 0. The molecule has 0 saturated carbocycles. The molecule has 0 aromatic rings. The van der Waals surface area contributed by atoms with E-state index in [-0.39, 0.29) is 0 Å². The molecule has 0 spiro atoms. The van der Waals surface area contributed by atoms with Gasteiger partial charge >= 0.3 is 0 Å². The van der Waals surface area contributed by atoms with Gasteiger partial charge in [-0.15, -0.1) is 0 Å². The van der Waals surface area contributed by atoms with Crippen molar-refractivity contribution in [2.75, 3.05) is 0 Å². The van der Waals surface area contributed by atoms with Crippen LogP contribution in [0.1, 0.15) is 0 Å². The Morgan fingerprint density at radius 1 is 1.00 bits per heavy atom. The smallest absolute Gasteiger partial charge is 0.187 e. The predicted octanol–water partition coefficient (Wildman–Crippen LogP) is 1.89. The molecule has 0 unspecified atom stereocenters. The number of rotatable bonds is 5. The molecule has 0 aliphatic heterocycles. The molecule has 0 heterocycles. The summed E-state index contributed by atoms with van der Waals surface area (Å²) in [7, 11) is -2.27. The van der Waals surface area contributed by atoms with Gasteiger partial charge in [0.2, 0.25) is 0 Å². The van der Waals surface area contributed by atoms with Crippen molar-refractivity contribution in [3.63, 3.8) is 0 Å². The monoisotopic (exact) mass is 248 g/mol. The lowest BCUT2D eigenvalue weighted by Crippen LogP contribution is -2.49. The van der Waals surface area contributed by atoms with Crippen LogP contribution in [0.15, 0.2) is 12.7 Å². The van der Waals surface area contributed by atoms with Crippen molar-refractivity contribution in [2.45, 2.75) is 44.7 Å². The van der Waals surface area contributed by atoms with E-state index in [2.05, 4.69) is 45.9 Å². The Kier molecular flexibility index (Phi) is 4.54. The molecule has 84 valence electrons. The Morgan fingerprint density at radius 2 is 1.29 bits per heavy atom. The van der Waals surface area contributed by atoms with E-state index < -0.39 is 22.0 Å². The molecule has 0 fully saturated rings. The Bertz CT molecular complexity index is 187. The first-order valence-corrected chi connectivity index (χ1v) is 12.8. The van der Waals surface area contributed by atoms with Gasteiger partial charge in [0.15, 0.2) is 16.6 Å². The Balaban J connectivity index is 4.57. The molecule has 0 aromatic carbocycles. The third kappa shape index (κ3) is 6.72. The van der Waals surface area contributed by atoms with E-state index in [0.29, 0.717) is 0 Å². The van der Waals surface area contributed by atoms with Crippen LogP contribution in [0.4, 0.5) is 0 Å². The molecule has 0 saturated heterocycles. The molecule has 0 amide bonds. The van der Waals surface area contributed by atoms with Gasteiger partial charge in [-0.2, -0.15) is 0 Å². The average Bonchev–Trinajstić information content (AvgIpc) is 1.78. The van der Waals surface area contributed by atoms with Crippen LogP contribution < -0.4 is 0 Å². The van der Waals surface area contributed by atoms with Gasteiger partial charge in [-0.3, -0.25) is 0 Å². The fourth-order valence-electron chi connectivity index (χ4n) is 1.32. The lowest BCUT2D eigenvalue weighted by Gasteiger charge is -2.38. The van der Waals surface area contributed by atoms with Gasteiger partial charge in [0.1, 0.15) is 5.41 Å². The van der Waals surface area contributed by atoms with Crippen LogP contribution >= 0.6 is 0 Å². The van der Waals surface area contributed by atoms with E-state index in [1.165, 1.54) is 0 Å². The highest BCUT2D eigenvalue weighted by molar-refractivity contribution is 6.71. The summed E-state index contributed by atoms with van der Waals surface area (Å²) in [5.41, 5.74) is -0.463. The van der Waals surface area contributed by atoms with Crippen LogP contribution in [0.3, 0.4) is 0 Å². The Labute approximate surface area is 93.4 Å². The summed E-state index contributed by atoms with van der Waals surface area (Å²) in [6, 6.07) is 0. The van der Waals surface area contributed by atoms with Crippen LogP contribution in [0.25, 0.3) is 0 Å². The largest absolute Gasteiger partial charge is 0.392 e. The van der Waals surface area contributed by atoms with Crippen molar-refractivity contribution in [2.24, 2.45) is 0 Å². The van der Waals surface area contributed by atoms with Gasteiger partial charge in [0, 0.05) is 0 Å². The third-order valence-electron chi connectivity index (χ3n) is 1.39. The minimum absolute atomic E-state index is 0.463. The Morgan fingerprint density at radius 3 is 1.43 bits per heavy atom. The quantitative estimate of drug-likeness (QED) is 0.420. The maximum absolute atomic E-state index is 6.05. The van der Waals surface area contributed by atoms with Crippen LogP contribution in [0.5, 0.6) is 0 Å². The second kappa shape index (κ2) is 4.44. The standard InChI is InChI=1S/C9H24O2Si3/c1-8-9(12,10-13(2,3)4)11-14(5,6)7/h8H,1H2,2-7,12H3. The normalized spacial score (nSPS) is 14.4. The molecule has 0 atom stereocenters. The van der Waals surface area contributed by atoms with Crippen molar-refractivity contribution < 1.29 is 8.85 Å². The van der Waals surface area contributed by atoms with Crippen LogP contribution in [0, 0.1) is 0 Å². The van der Waals surface area contributed by atoms with E-state index in [9.17, 15) is 0 Å². The second-order valence-corrected chi connectivity index (χ2v) is 15.9. The first-order chi connectivity index (χ1) is 5.97. The molecule has 0 radical (unpaired) electrons. The fraction of sp³-hybridized carbons (Fsp3) is 0.778. The maximum Gasteiger partial charge on any atom is 0.187 e. The van der Waals surface area contributed by atoms with E-state index in [4.69, 9.17) is 8.85 Å². The molecule has 0 aliphatic carbocycles. The van der Waals surface area contributed by atoms with Crippen molar-refractivity contribution in [1.82, 2.24) is 0 Å². The van der Waals surface area contributed by atoms with Gasteiger partial charge in [-0.1, -0.05) is 6.58 Å². The summed E-state index contributed by atoms with van der Waals surface area (Å²) in [6.07, 6.45) is 1.83. The van der Waals surface area contributed by atoms with Crippen molar-refractivity contribution in [3.05, 3.63) is 12.7 Å². The molecule has 0 aromatic heterocycles. The lowest BCUT2D eigenvalue weighted by molar-refractivity contribution is -0.00861. The summed E-state index contributed by atoms with van der Waals surface area (Å²) in [5, 5.41) is 0. The van der Waals surface area contributed by atoms with Gasteiger partial charge in [-0.25, -0.2) is 0 Å². The van der Waals surface area contributed by atoms with Crippen LogP contribution in [-0.2, 0) is 8.85 Å². The highest BCUT2D eigenvalue weighted by atomic mass is 28.4. The second-order valence-electron chi connectivity index (χ2n) is 5.65. The van der Waals surface area contributed by atoms with Gasteiger partial charge in [0.05, 0.1) is 10.2 Å². The van der Waals surface area contributed by atoms with Gasteiger partial charge < -0.3 is 8.85 Å². The molecule has 0 rings (SSSR count). The van der Waals surface area contributed by atoms with Gasteiger partial charge in [0.25, 0.3) is 0 Å². The SMILES string of the molecule is C=CC([SiH3])(O[Si](C)(C)C)O[Si](C)(C)C. The first-order valence-electron chi connectivity index (χ1n) is 5.01. The highest BCUT2D eigenvalue weighted by Gasteiger charge is 2.33. The summed E-state index contributed by atoms with van der Waals surface area (Å²) >= 11 is 0. The molecule has 0 N–H and O–H groups in total. The molecule has 14 heavy (non-hydrogen) atoms. The van der Waals surface area contributed by atoms with Gasteiger partial charge in [-0.05, 0) is 45.4 Å². The maximum atomic E-state index is 6.05. The summed E-state index contributed by atoms with van der Waals surface area (Å²) < 4.78 is 12.1. The minimum Gasteiger partial charge on any atom is -0.392 e. The van der Waals surface area contributed by atoms with Crippen LogP contribution in [0.2, 0.25) is 39.3 Å². The molecule has 2 nitrogen and oxygen atoms in total. The summed E-state index contributed by atoms with van der Waals surface area (Å²) in [6.45, 7) is 16.9. The zero-order valence-corrected chi connectivity index (χ0v) is 14.6. The Hall–Kier alpha value is 0.311. The van der Waals surface area contributed by atoms with Crippen molar-refractivity contribution in [1.29, 1.82) is 0 Å². The summed E-state index contributed by atoms with van der Waals surface area (Å²) in [5.74, 6) is 0. The third-order valence-corrected chi connectivity index (χ3v) is 5.06. The van der Waals surface area contributed by atoms with E-state index >= 15 is 0 Å². The zero-order valence-electron chi connectivity index (χ0n) is 10.6. The van der Waals surface area contributed by atoms with Crippen LogP contribution in [-0.4, -0.2) is 32.3 Å².